The van der Waals surface area contributed by atoms with E-state index in [0.29, 0.717) is 6.04 Å². The van der Waals surface area contributed by atoms with Crippen LogP contribution in [-0.4, -0.2) is 48.0 Å². The Labute approximate surface area is 93.4 Å². The third-order valence-electron chi connectivity index (χ3n) is 2.89. The number of aliphatic hydroxyl groups is 1. The molecule has 0 bridgehead atoms. The van der Waals surface area contributed by atoms with Crippen molar-refractivity contribution in [2.75, 3.05) is 26.3 Å². The molecule has 0 heterocycles. The van der Waals surface area contributed by atoms with Gasteiger partial charge in [0.05, 0.1) is 18.8 Å². The second-order valence-corrected chi connectivity index (χ2v) is 5.31. The molecule has 0 aliphatic heterocycles. The predicted octanol–water partition coefficient (Wildman–Crippen LogP) is 1.65. The summed E-state index contributed by atoms with van der Waals surface area (Å²) in [6, 6.07) is 0.695. The van der Waals surface area contributed by atoms with E-state index in [0.717, 1.165) is 19.7 Å². The molecule has 1 rings (SSSR count). The summed E-state index contributed by atoms with van der Waals surface area (Å²) in [6.45, 7) is 8.98. The molecule has 0 aromatic heterocycles. The van der Waals surface area contributed by atoms with Crippen LogP contribution >= 0.6 is 0 Å². The van der Waals surface area contributed by atoms with Gasteiger partial charge in [0.15, 0.2) is 0 Å². The number of nitrogens with zero attached hydrogens (tertiary/aromatic N) is 1. The maximum atomic E-state index is 8.98. The van der Waals surface area contributed by atoms with Crippen molar-refractivity contribution in [1.29, 1.82) is 0 Å². The molecule has 90 valence electrons. The summed E-state index contributed by atoms with van der Waals surface area (Å²) in [4.78, 5) is 2.36. The van der Waals surface area contributed by atoms with Crippen LogP contribution in [0.25, 0.3) is 0 Å². The van der Waals surface area contributed by atoms with Gasteiger partial charge in [0.25, 0.3) is 0 Å². The Kier molecular flexibility index (Phi) is 5.03. The molecular formula is C12H25NO2. The molecule has 1 saturated carbocycles. The SMILES string of the molecule is CC(C)(C)OCCN(CCO)C1CCC1. The van der Waals surface area contributed by atoms with Gasteiger partial charge in [-0.25, -0.2) is 0 Å². The van der Waals surface area contributed by atoms with Crippen LogP contribution in [0.3, 0.4) is 0 Å². The fourth-order valence-electron chi connectivity index (χ4n) is 1.83. The van der Waals surface area contributed by atoms with Gasteiger partial charge in [-0.2, -0.15) is 0 Å². The molecule has 0 amide bonds. The predicted molar refractivity (Wildman–Crippen MR) is 62.0 cm³/mol. The van der Waals surface area contributed by atoms with Gasteiger partial charge in [-0.1, -0.05) is 6.42 Å². The molecular weight excluding hydrogens is 190 g/mol. The van der Waals surface area contributed by atoms with Crippen LogP contribution in [0, 0.1) is 0 Å². The summed E-state index contributed by atoms with van der Waals surface area (Å²) in [7, 11) is 0. The summed E-state index contributed by atoms with van der Waals surface area (Å²) < 4.78 is 5.70. The number of hydrogen-bond acceptors (Lipinski definition) is 3. The van der Waals surface area contributed by atoms with E-state index in [1.54, 1.807) is 0 Å². The van der Waals surface area contributed by atoms with Gasteiger partial charge in [-0.3, -0.25) is 4.90 Å². The molecule has 0 aromatic carbocycles. The van der Waals surface area contributed by atoms with E-state index in [1.165, 1.54) is 19.3 Å². The molecule has 0 radical (unpaired) electrons. The van der Waals surface area contributed by atoms with Crippen LogP contribution in [0.15, 0.2) is 0 Å². The first-order valence-corrected chi connectivity index (χ1v) is 6.02. The molecule has 0 unspecified atom stereocenters. The average molecular weight is 215 g/mol. The largest absolute Gasteiger partial charge is 0.395 e. The van der Waals surface area contributed by atoms with Crippen LogP contribution in [-0.2, 0) is 4.74 Å². The van der Waals surface area contributed by atoms with Crippen LogP contribution in [0.4, 0.5) is 0 Å². The van der Waals surface area contributed by atoms with Crippen molar-refractivity contribution >= 4 is 0 Å². The molecule has 1 aliphatic rings. The second kappa shape index (κ2) is 5.83. The molecule has 15 heavy (non-hydrogen) atoms. The van der Waals surface area contributed by atoms with Crippen LogP contribution in [0.1, 0.15) is 40.0 Å². The summed E-state index contributed by atoms with van der Waals surface area (Å²) >= 11 is 0. The highest BCUT2D eigenvalue weighted by atomic mass is 16.5. The zero-order valence-electron chi connectivity index (χ0n) is 10.3. The second-order valence-electron chi connectivity index (χ2n) is 5.31. The Morgan fingerprint density at radius 3 is 2.33 bits per heavy atom. The van der Waals surface area contributed by atoms with Gasteiger partial charge in [0.1, 0.15) is 0 Å². The Morgan fingerprint density at radius 2 is 1.93 bits per heavy atom. The fraction of sp³-hybridized carbons (Fsp3) is 1.00. The smallest absolute Gasteiger partial charge is 0.0600 e. The average Bonchev–Trinajstić information content (AvgIpc) is 1.98. The maximum absolute atomic E-state index is 8.98. The summed E-state index contributed by atoms with van der Waals surface area (Å²) in [6.07, 6.45) is 3.91. The molecule has 3 heteroatoms. The molecule has 1 N–H and O–H groups in total. The van der Waals surface area contributed by atoms with Crippen molar-refractivity contribution in [1.82, 2.24) is 4.90 Å². The van der Waals surface area contributed by atoms with E-state index in [2.05, 4.69) is 25.7 Å². The maximum Gasteiger partial charge on any atom is 0.0600 e. The Hall–Kier alpha value is -0.120. The van der Waals surface area contributed by atoms with Crippen molar-refractivity contribution in [3.63, 3.8) is 0 Å². The zero-order chi connectivity index (χ0) is 11.3. The van der Waals surface area contributed by atoms with Crippen molar-refractivity contribution in [2.24, 2.45) is 0 Å². The van der Waals surface area contributed by atoms with Gasteiger partial charge in [0.2, 0.25) is 0 Å². The third kappa shape index (κ3) is 4.96. The summed E-state index contributed by atoms with van der Waals surface area (Å²) in [5.41, 5.74) is -0.0511. The minimum absolute atomic E-state index is 0.0511. The lowest BCUT2D eigenvalue weighted by atomic mass is 9.91. The van der Waals surface area contributed by atoms with E-state index >= 15 is 0 Å². The molecule has 1 fully saturated rings. The topological polar surface area (TPSA) is 32.7 Å². The van der Waals surface area contributed by atoms with Crippen molar-refractivity contribution in [3.8, 4) is 0 Å². The van der Waals surface area contributed by atoms with E-state index in [9.17, 15) is 0 Å². The van der Waals surface area contributed by atoms with E-state index in [1.807, 2.05) is 0 Å². The summed E-state index contributed by atoms with van der Waals surface area (Å²) in [5.74, 6) is 0. The lowest BCUT2D eigenvalue weighted by Gasteiger charge is -2.37. The highest BCUT2D eigenvalue weighted by Crippen LogP contribution is 2.24. The Morgan fingerprint density at radius 1 is 1.27 bits per heavy atom. The molecule has 1 aliphatic carbocycles. The highest BCUT2D eigenvalue weighted by Gasteiger charge is 2.24. The number of aliphatic hydroxyl groups excluding tert-OH is 1. The first-order chi connectivity index (χ1) is 7.03. The van der Waals surface area contributed by atoms with Crippen LogP contribution < -0.4 is 0 Å². The molecule has 0 spiro atoms. The number of ether oxygens (including phenoxy) is 1. The molecule has 0 aromatic rings. The van der Waals surface area contributed by atoms with Crippen LogP contribution in [0.5, 0.6) is 0 Å². The van der Waals surface area contributed by atoms with Crippen molar-refractivity contribution in [3.05, 3.63) is 0 Å². The third-order valence-corrected chi connectivity index (χ3v) is 2.89. The first kappa shape index (κ1) is 12.9. The minimum Gasteiger partial charge on any atom is -0.395 e. The lowest BCUT2D eigenvalue weighted by Crippen LogP contribution is -2.44. The summed E-state index contributed by atoms with van der Waals surface area (Å²) in [5, 5.41) is 8.98. The Balaban J connectivity index is 2.19. The van der Waals surface area contributed by atoms with E-state index in [4.69, 9.17) is 9.84 Å². The number of rotatable bonds is 6. The van der Waals surface area contributed by atoms with E-state index in [-0.39, 0.29) is 12.2 Å². The fourth-order valence-corrected chi connectivity index (χ4v) is 1.83. The normalized spacial score (nSPS) is 18.2. The molecule has 0 saturated heterocycles. The monoisotopic (exact) mass is 215 g/mol. The van der Waals surface area contributed by atoms with Gasteiger partial charge < -0.3 is 9.84 Å². The van der Waals surface area contributed by atoms with Gasteiger partial charge in [-0.15, -0.1) is 0 Å². The number of hydrogen-bond donors (Lipinski definition) is 1. The molecule has 3 nitrogen and oxygen atoms in total. The standard InChI is InChI=1S/C12H25NO2/c1-12(2,3)15-10-8-13(7-9-14)11-5-4-6-11/h11,14H,4-10H2,1-3H3. The minimum atomic E-state index is -0.0511. The lowest BCUT2D eigenvalue weighted by molar-refractivity contribution is -0.0246. The van der Waals surface area contributed by atoms with Gasteiger partial charge >= 0.3 is 0 Å². The Bertz CT molecular complexity index is 173. The van der Waals surface area contributed by atoms with Crippen molar-refractivity contribution in [2.45, 2.75) is 51.7 Å². The highest BCUT2D eigenvalue weighted by molar-refractivity contribution is 4.79. The van der Waals surface area contributed by atoms with Gasteiger partial charge in [-0.05, 0) is 33.6 Å². The van der Waals surface area contributed by atoms with Crippen LogP contribution in [0.2, 0.25) is 0 Å². The molecule has 0 atom stereocenters. The quantitative estimate of drug-likeness (QED) is 0.731. The first-order valence-electron chi connectivity index (χ1n) is 6.02. The zero-order valence-corrected chi connectivity index (χ0v) is 10.3. The van der Waals surface area contributed by atoms with Gasteiger partial charge in [0, 0.05) is 19.1 Å². The van der Waals surface area contributed by atoms with Crippen molar-refractivity contribution < 1.29 is 9.84 Å². The van der Waals surface area contributed by atoms with E-state index < -0.39 is 0 Å².